The predicted molar refractivity (Wildman–Crippen MR) is 115 cm³/mol. The molecule has 0 saturated carbocycles. The van der Waals surface area contributed by atoms with Crippen LogP contribution in [0, 0.1) is 0 Å². The molecular weight excluding hydrogens is 398 g/mol. The number of carbonyl (C=O) groups is 1. The van der Waals surface area contributed by atoms with Gasteiger partial charge in [0.1, 0.15) is 17.1 Å². The molecule has 5 rings (SSSR count). The van der Waals surface area contributed by atoms with Crippen molar-refractivity contribution in [3.8, 4) is 11.4 Å². The van der Waals surface area contributed by atoms with Gasteiger partial charge in [-0.2, -0.15) is 5.10 Å². The molecule has 150 valence electrons. The normalized spacial score (nSPS) is 15.4. The summed E-state index contributed by atoms with van der Waals surface area (Å²) in [4.78, 5) is 21.4. The van der Waals surface area contributed by atoms with Gasteiger partial charge in [-0.3, -0.25) is 4.79 Å². The van der Waals surface area contributed by atoms with E-state index in [-0.39, 0.29) is 17.7 Å². The van der Waals surface area contributed by atoms with Crippen LogP contribution in [0.25, 0.3) is 16.7 Å². The van der Waals surface area contributed by atoms with Gasteiger partial charge in [-0.1, -0.05) is 48.2 Å². The van der Waals surface area contributed by atoms with E-state index in [1.54, 1.807) is 10.9 Å². The van der Waals surface area contributed by atoms with Crippen molar-refractivity contribution in [2.45, 2.75) is 17.5 Å². The summed E-state index contributed by atoms with van der Waals surface area (Å²) < 4.78 is 7.45. The summed E-state index contributed by atoms with van der Waals surface area (Å²) in [6.07, 6.45) is 4.02. The summed E-state index contributed by atoms with van der Waals surface area (Å²) in [5.74, 6) is 1.07. The topological polar surface area (TPSA) is 81.9 Å². The summed E-state index contributed by atoms with van der Waals surface area (Å²) in [5.41, 5.74) is 2.67. The molecule has 30 heavy (non-hydrogen) atoms. The molecule has 0 bridgehead atoms. The van der Waals surface area contributed by atoms with Crippen LogP contribution in [-0.2, 0) is 4.79 Å². The predicted octanol–water partition coefficient (Wildman–Crippen LogP) is 3.55. The van der Waals surface area contributed by atoms with Crippen LogP contribution >= 0.6 is 11.8 Å². The number of nitrogens with zero attached hydrogens (tertiary/aromatic N) is 4. The Hall–Kier alpha value is -3.39. The van der Waals surface area contributed by atoms with Crippen molar-refractivity contribution in [1.29, 1.82) is 0 Å². The first-order valence-electron chi connectivity index (χ1n) is 9.67. The van der Waals surface area contributed by atoms with Gasteiger partial charge in [0.25, 0.3) is 0 Å². The second-order valence-corrected chi connectivity index (χ2v) is 7.86. The minimum atomic E-state index is -0.0380. The fraction of sp³-hybridized carbons (Fsp3) is 0.182. The Morgan fingerprint density at radius 3 is 2.87 bits per heavy atom. The molecule has 8 heteroatoms. The van der Waals surface area contributed by atoms with Crippen LogP contribution in [0.15, 0.2) is 72.1 Å². The number of aromatic nitrogens is 4. The van der Waals surface area contributed by atoms with E-state index < -0.39 is 0 Å². The van der Waals surface area contributed by atoms with Gasteiger partial charge in [0, 0.05) is 12.0 Å². The van der Waals surface area contributed by atoms with Gasteiger partial charge in [0.15, 0.2) is 5.65 Å². The molecule has 0 fully saturated rings. The molecule has 0 radical (unpaired) electrons. The SMILES string of the molecule is O=C(CSc1ncnc2c1cnn2-c1ccccc1)NC1CCOc2ccccc21. The van der Waals surface area contributed by atoms with Crippen LogP contribution in [0.4, 0.5) is 0 Å². The number of hydrogen-bond acceptors (Lipinski definition) is 6. The minimum Gasteiger partial charge on any atom is -0.493 e. The number of carbonyl (C=O) groups excluding carboxylic acids is 1. The molecule has 1 N–H and O–H groups in total. The molecule has 1 amide bonds. The van der Waals surface area contributed by atoms with E-state index in [1.165, 1.54) is 18.1 Å². The first-order valence-corrected chi connectivity index (χ1v) is 10.7. The Labute approximate surface area is 177 Å². The van der Waals surface area contributed by atoms with Gasteiger partial charge in [0.2, 0.25) is 5.91 Å². The van der Waals surface area contributed by atoms with E-state index >= 15 is 0 Å². The molecule has 1 aliphatic rings. The van der Waals surface area contributed by atoms with Crippen molar-refractivity contribution in [2.75, 3.05) is 12.4 Å². The average Bonchev–Trinajstić information content (AvgIpc) is 3.23. The molecule has 1 atom stereocenters. The number of nitrogens with one attached hydrogen (secondary N) is 1. The average molecular weight is 417 g/mol. The maximum absolute atomic E-state index is 12.6. The Morgan fingerprint density at radius 2 is 1.97 bits per heavy atom. The van der Waals surface area contributed by atoms with Crippen molar-refractivity contribution in [3.05, 3.63) is 72.7 Å². The van der Waals surface area contributed by atoms with Crippen molar-refractivity contribution < 1.29 is 9.53 Å². The first kappa shape index (κ1) is 18.6. The zero-order valence-corrected chi connectivity index (χ0v) is 16.9. The van der Waals surface area contributed by atoms with Crippen molar-refractivity contribution in [2.24, 2.45) is 0 Å². The van der Waals surface area contributed by atoms with Crippen LogP contribution in [0.1, 0.15) is 18.0 Å². The lowest BCUT2D eigenvalue weighted by molar-refractivity contribution is -0.119. The molecule has 1 unspecified atom stereocenters. The van der Waals surface area contributed by atoms with Gasteiger partial charge in [-0.05, 0) is 18.2 Å². The summed E-state index contributed by atoms with van der Waals surface area (Å²) in [6.45, 7) is 0.598. The van der Waals surface area contributed by atoms with Crippen molar-refractivity contribution in [1.82, 2.24) is 25.1 Å². The van der Waals surface area contributed by atoms with Crippen LogP contribution in [0.2, 0.25) is 0 Å². The van der Waals surface area contributed by atoms with E-state index in [0.29, 0.717) is 6.61 Å². The summed E-state index contributed by atoms with van der Waals surface area (Å²) in [7, 11) is 0. The summed E-state index contributed by atoms with van der Waals surface area (Å²) in [6, 6.07) is 17.6. The Morgan fingerprint density at radius 1 is 1.13 bits per heavy atom. The second-order valence-electron chi connectivity index (χ2n) is 6.89. The molecule has 2 aromatic carbocycles. The largest absolute Gasteiger partial charge is 0.493 e. The Kier molecular flexibility index (Phi) is 5.06. The lowest BCUT2D eigenvalue weighted by Gasteiger charge is -2.26. The number of para-hydroxylation sites is 2. The number of hydrogen-bond donors (Lipinski definition) is 1. The lowest BCUT2D eigenvalue weighted by atomic mass is 10.0. The maximum atomic E-state index is 12.6. The molecule has 2 aromatic heterocycles. The number of rotatable bonds is 5. The molecule has 0 saturated heterocycles. The Balaban J connectivity index is 1.30. The summed E-state index contributed by atoms with van der Waals surface area (Å²) in [5, 5.41) is 9.15. The molecular formula is C22H19N5O2S. The van der Waals surface area contributed by atoms with Gasteiger partial charge in [-0.15, -0.1) is 0 Å². The zero-order chi connectivity index (χ0) is 20.3. The van der Waals surface area contributed by atoms with Crippen LogP contribution in [0.5, 0.6) is 5.75 Å². The number of amides is 1. The van der Waals surface area contributed by atoms with Crippen molar-refractivity contribution in [3.63, 3.8) is 0 Å². The number of thioether (sulfide) groups is 1. The highest BCUT2D eigenvalue weighted by atomic mass is 32.2. The highest BCUT2D eigenvalue weighted by molar-refractivity contribution is 8.00. The monoisotopic (exact) mass is 417 g/mol. The highest BCUT2D eigenvalue weighted by Crippen LogP contribution is 2.32. The smallest absolute Gasteiger partial charge is 0.230 e. The fourth-order valence-corrected chi connectivity index (χ4v) is 4.33. The third-order valence-electron chi connectivity index (χ3n) is 4.96. The van der Waals surface area contributed by atoms with Gasteiger partial charge in [-0.25, -0.2) is 14.6 Å². The van der Waals surface area contributed by atoms with E-state index in [0.717, 1.165) is 39.5 Å². The van der Waals surface area contributed by atoms with Crippen molar-refractivity contribution >= 4 is 28.7 Å². The standard InChI is InChI=1S/C22H19N5O2S/c28-20(26-18-10-11-29-19-9-5-4-8-16(18)19)13-30-22-17-12-25-27(21(17)23-14-24-22)15-6-2-1-3-7-15/h1-9,12,14,18H,10-11,13H2,(H,26,28). The molecule has 7 nitrogen and oxygen atoms in total. The third kappa shape index (κ3) is 3.61. The highest BCUT2D eigenvalue weighted by Gasteiger charge is 2.23. The molecule has 0 spiro atoms. The van der Waals surface area contributed by atoms with Crippen LogP contribution < -0.4 is 10.1 Å². The Bertz CT molecular complexity index is 1190. The van der Waals surface area contributed by atoms with E-state index in [9.17, 15) is 4.79 Å². The third-order valence-corrected chi connectivity index (χ3v) is 5.97. The molecule has 3 heterocycles. The van der Waals surface area contributed by atoms with Crippen LogP contribution in [-0.4, -0.2) is 38.0 Å². The molecule has 1 aliphatic heterocycles. The summed E-state index contributed by atoms with van der Waals surface area (Å²) >= 11 is 1.39. The number of fused-ring (bicyclic) bond motifs is 2. The van der Waals surface area contributed by atoms with E-state index in [2.05, 4.69) is 20.4 Å². The van der Waals surface area contributed by atoms with Crippen LogP contribution in [0.3, 0.4) is 0 Å². The molecule has 4 aromatic rings. The van der Waals surface area contributed by atoms with Gasteiger partial charge < -0.3 is 10.1 Å². The van der Waals surface area contributed by atoms with Gasteiger partial charge in [0.05, 0.1) is 35.7 Å². The molecule has 0 aliphatic carbocycles. The second kappa shape index (κ2) is 8.16. The number of ether oxygens (including phenoxy) is 1. The zero-order valence-electron chi connectivity index (χ0n) is 16.1. The van der Waals surface area contributed by atoms with Gasteiger partial charge >= 0.3 is 0 Å². The first-order chi connectivity index (χ1) is 14.8. The quantitative estimate of drug-likeness (QED) is 0.395. The lowest BCUT2D eigenvalue weighted by Crippen LogP contribution is -2.33. The fourth-order valence-electron chi connectivity index (χ4n) is 3.56. The van der Waals surface area contributed by atoms with E-state index in [4.69, 9.17) is 4.74 Å². The minimum absolute atomic E-state index is 0.0331. The maximum Gasteiger partial charge on any atom is 0.230 e. The number of benzene rings is 2. The van der Waals surface area contributed by atoms with E-state index in [1.807, 2.05) is 54.6 Å².